The van der Waals surface area contributed by atoms with Crippen LogP contribution < -0.4 is 5.32 Å². The summed E-state index contributed by atoms with van der Waals surface area (Å²) in [5.41, 5.74) is 0. The third-order valence-corrected chi connectivity index (χ3v) is 1.98. The van der Waals surface area contributed by atoms with Crippen molar-refractivity contribution < 1.29 is 9.21 Å². The molecule has 86 valence electrons. The minimum absolute atomic E-state index is 0.0232. The number of nitrogens with zero attached hydrogens (tertiary/aromatic N) is 4. The predicted octanol–water partition coefficient (Wildman–Crippen LogP) is 0.0592. The van der Waals surface area contributed by atoms with Gasteiger partial charge in [-0.1, -0.05) is 0 Å². The second kappa shape index (κ2) is 4.94. The number of hydrogen-bond donors (Lipinski definition) is 1. The largest absolute Gasteiger partial charge is 0.467 e. The SMILES string of the molecule is N#Cc1ncn(CC(=O)NCc2ccco2)n1. The van der Waals surface area contributed by atoms with E-state index in [4.69, 9.17) is 9.68 Å². The van der Waals surface area contributed by atoms with E-state index in [1.807, 2.05) is 0 Å². The smallest absolute Gasteiger partial charge is 0.252 e. The van der Waals surface area contributed by atoms with Crippen molar-refractivity contribution in [3.63, 3.8) is 0 Å². The van der Waals surface area contributed by atoms with Crippen molar-refractivity contribution in [3.05, 3.63) is 36.3 Å². The van der Waals surface area contributed by atoms with E-state index in [1.165, 1.54) is 17.3 Å². The Morgan fingerprint density at radius 2 is 2.53 bits per heavy atom. The van der Waals surface area contributed by atoms with E-state index >= 15 is 0 Å². The first kappa shape index (κ1) is 10.9. The molecule has 0 saturated carbocycles. The topological polar surface area (TPSA) is 96.7 Å². The molecule has 7 heteroatoms. The minimum Gasteiger partial charge on any atom is -0.467 e. The molecule has 0 atom stereocenters. The second-order valence-corrected chi connectivity index (χ2v) is 3.23. The zero-order chi connectivity index (χ0) is 12.1. The number of furan rings is 1. The van der Waals surface area contributed by atoms with Crippen LogP contribution in [0.1, 0.15) is 11.6 Å². The summed E-state index contributed by atoms with van der Waals surface area (Å²) in [5, 5.41) is 14.9. The van der Waals surface area contributed by atoms with Gasteiger partial charge in [0.25, 0.3) is 5.82 Å². The van der Waals surface area contributed by atoms with Gasteiger partial charge in [-0.05, 0) is 12.1 Å². The molecule has 0 bridgehead atoms. The van der Waals surface area contributed by atoms with Crippen LogP contribution in [-0.2, 0) is 17.9 Å². The molecule has 2 heterocycles. The van der Waals surface area contributed by atoms with E-state index in [9.17, 15) is 4.79 Å². The normalized spacial score (nSPS) is 9.82. The van der Waals surface area contributed by atoms with Crippen LogP contribution in [-0.4, -0.2) is 20.7 Å². The van der Waals surface area contributed by atoms with E-state index in [1.54, 1.807) is 18.2 Å². The van der Waals surface area contributed by atoms with Crippen molar-refractivity contribution in [2.75, 3.05) is 0 Å². The molecule has 2 aromatic rings. The fraction of sp³-hybridized carbons (Fsp3) is 0.200. The Morgan fingerprint density at radius 1 is 1.65 bits per heavy atom. The van der Waals surface area contributed by atoms with Crippen LogP contribution in [0.3, 0.4) is 0 Å². The number of rotatable bonds is 4. The number of nitrogens with one attached hydrogen (secondary N) is 1. The average Bonchev–Trinajstić information content (AvgIpc) is 2.97. The molecule has 0 fully saturated rings. The first-order valence-electron chi connectivity index (χ1n) is 4.86. The molecule has 0 spiro atoms. The van der Waals surface area contributed by atoms with Gasteiger partial charge in [0.15, 0.2) is 0 Å². The molecule has 0 saturated heterocycles. The lowest BCUT2D eigenvalue weighted by atomic mass is 10.4. The van der Waals surface area contributed by atoms with Gasteiger partial charge in [-0.25, -0.2) is 9.67 Å². The van der Waals surface area contributed by atoms with Crippen molar-refractivity contribution in [2.45, 2.75) is 13.1 Å². The molecule has 0 radical (unpaired) electrons. The number of aromatic nitrogens is 3. The first-order chi connectivity index (χ1) is 8.28. The summed E-state index contributed by atoms with van der Waals surface area (Å²) in [7, 11) is 0. The summed E-state index contributed by atoms with van der Waals surface area (Å²) in [6.07, 6.45) is 2.88. The number of carbonyl (C=O) groups excluding carboxylic acids is 1. The maximum Gasteiger partial charge on any atom is 0.252 e. The summed E-state index contributed by atoms with van der Waals surface area (Å²) in [5.74, 6) is 0.495. The summed E-state index contributed by atoms with van der Waals surface area (Å²) < 4.78 is 6.36. The Bertz CT molecular complexity index is 537. The third kappa shape index (κ3) is 2.92. The Balaban J connectivity index is 1.83. The first-order valence-corrected chi connectivity index (χ1v) is 4.86. The van der Waals surface area contributed by atoms with Crippen LogP contribution in [0.25, 0.3) is 0 Å². The molecule has 1 N–H and O–H groups in total. The Morgan fingerprint density at radius 3 is 3.18 bits per heavy atom. The Labute approximate surface area is 96.7 Å². The highest BCUT2D eigenvalue weighted by molar-refractivity contribution is 5.75. The highest BCUT2D eigenvalue weighted by Crippen LogP contribution is 1.98. The van der Waals surface area contributed by atoms with E-state index < -0.39 is 0 Å². The van der Waals surface area contributed by atoms with Crippen molar-refractivity contribution in [2.24, 2.45) is 0 Å². The highest BCUT2D eigenvalue weighted by Gasteiger charge is 2.06. The lowest BCUT2D eigenvalue weighted by Gasteiger charge is -2.02. The van der Waals surface area contributed by atoms with Gasteiger partial charge in [0, 0.05) is 0 Å². The summed E-state index contributed by atoms with van der Waals surface area (Å²) in [6, 6.07) is 5.30. The van der Waals surface area contributed by atoms with Crippen LogP contribution in [0, 0.1) is 11.3 Å². The maximum atomic E-state index is 11.5. The predicted molar refractivity (Wildman–Crippen MR) is 55.3 cm³/mol. The van der Waals surface area contributed by atoms with E-state index in [-0.39, 0.29) is 18.3 Å². The molecule has 17 heavy (non-hydrogen) atoms. The lowest BCUT2D eigenvalue weighted by Crippen LogP contribution is -2.27. The van der Waals surface area contributed by atoms with Crippen LogP contribution in [0.5, 0.6) is 0 Å². The number of hydrogen-bond acceptors (Lipinski definition) is 5. The van der Waals surface area contributed by atoms with Crippen LogP contribution in [0.4, 0.5) is 0 Å². The molecule has 1 amide bonds. The minimum atomic E-state index is -0.226. The zero-order valence-electron chi connectivity index (χ0n) is 8.83. The Hall–Kier alpha value is -2.62. The maximum absolute atomic E-state index is 11.5. The fourth-order valence-corrected chi connectivity index (χ4v) is 1.22. The molecule has 0 unspecified atom stereocenters. The Kier molecular flexibility index (Phi) is 3.16. The van der Waals surface area contributed by atoms with Crippen LogP contribution in [0.15, 0.2) is 29.1 Å². The van der Waals surface area contributed by atoms with Gasteiger partial charge in [-0.15, -0.1) is 5.10 Å². The van der Waals surface area contributed by atoms with E-state index in [2.05, 4.69) is 15.4 Å². The lowest BCUT2D eigenvalue weighted by molar-refractivity contribution is -0.122. The van der Waals surface area contributed by atoms with Crippen molar-refractivity contribution >= 4 is 5.91 Å². The van der Waals surface area contributed by atoms with Crippen LogP contribution in [0.2, 0.25) is 0 Å². The molecule has 2 aromatic heterocycles. The van der Waals surface area contributed by atoms with Crippen molar-refractivity contribution in [1.29, 1.82) is 5.26 Å². The average molecular weight is 231 g/mol. The molecular formula is C10H9N5O2. The molecule has 0 aliphatic heterocycles. The van der Waals surface area contributed by atoms with E-state index in [0.29, 0.717) is 12.3 Å². The quantitative estimate of drug-likeness (QED) is 0.802. The van der Waals surface area contributed by atoms with Gasteiger partial charge < -0.3 is 9.73 Å². The molecule has 0 aromatic carbocycles. The molecular weight excluding hydrogens is 222 g/mol. The molecule has 0 aliphatic carbocycles. The molecule has 2 rings (SSSR count). The van der Waals surface area contributed by atoms with Gasteiger partial charge in [0.05, 0.1) is 12.8 Å². The summed E-state index contributed by atoms with van der Waals surface area (Å²) in [6.45, 7) is 0.348. The standard InChI is InChI=1S/C10H9N5O2/c11-4-9-13-7-15(14-9)6-10(16)12-5-8-2-1-3-17-8/h1-3,7H,5-6H2,(H,12,16). The number of carbonyl (C=O) groups is 1. The fourth-order valence-electron chi connectivity index (χ4n) is 1.22. The van der Waals surface area contributed by atoms with Crippen molar-refractivity contribution in [1.82, 2.24) is 20.1 Å². The third-order valence-electron chi connectivity index (χ3n) is 1.98. The van der Waals surface area contributed by atoms with Gasteiger partial charge in [-0.2, -0.15) is 5.26 Å². The van der Waals surface area contributed by atoms with Crippen molar-refractivity contribution in [3.8, 4) is 6.07 Å². The van der Waals surface area contributed by atoms with Gasteiger partial charge >= 0.3 is 0 Å². The van der Waals surface area contributed by atoms with Crippen LogP contribution >= 0.6 is 0 Å². The molecule has 0 aliphatic rings. The summed E-state index contributed by atoms with van der Waals surface area (Å²) >= 11 is 0. The highest BCUT2D eigenvalue weighted by atomic mass is 16.3. The monoisotopic (exact) mass is 231 g/mol. The number of nitriles is 1. The number of amides is 1. The summed E-state index contributed by atoms with van der Waals surface area (Å²) in [4.78, 5) is 15.2. The van der Waals surface area contributed by atoms with Gasteiger partial charge in [0.1, 0.15) is 24.7 Å². The zero-order valence-corrected chi connectivity index (χ0v) is 8.83. The molecule has 7 nitrogen and oxygen atoms in total. The van der Waals surface area contributed by atoms with Gasteiger partial charge in [-0.3, -0.25) is 4.79 Å². The second-order valence-electron chi connectivity index (χ2n) is 3.23. The van der Waals surface area contributed by atoms with Gasteiger partial charge in [0.2, 0.25) is 5.91 Å². The van der Waals surface area contributed by atoms with E-state index in [0.717, 1.165) is 0 Å².